The van der Waals surface area contributed by atoms with Crippen LogP contribution in [0.4, 0.5) is 0 Å². The van der Waals surface area contributed by atoms with Crippen molar-refractivity contribution in [2.45, 2.75) is 13.0 Å². The van der Waals surface area contributed by atoms with Gasteiger partial charge in [-0.25, -0.2) is 0 Å². The van der Waals surface area contributed by atoms with E-state index in [1.807, 2.05) is 36.1 Å². The fraction of sp³-hybridized carbons (Fsp3) is 0.538. The molecule has 2 N–H and O–H groups in total. The normalized spacial score (nSPS) is 12.7. The number of hydrogen-bond acceptors (Lipinski definition) is 4. The molecule has 1 rings (SSSR count). The molecule has 4 nitrogen and oxygen atoms in total. The van der Waals surface area contributed by atoms with E-state index in [4.69, 9.17) is 9.84 Å². The summed E-state index contributed by atoms with van der Waals surface area (Å²) in [6.45, 7) is 4.24. The van der Waals surface area contributed by atoms with Gasteiger partial charge in [-0.2, -0.15) is 0 Å². The third kappa shape index (κ3) is 5.82. The maximum Gasteiger partial charge on any atom is 0.119 e. The van der Waals surface area contributed by atoms with E-state index in [0.717, 1.165) is 16.8 Å². The van der Waals surface area contributed by atoms with Crippen LogP contribution in [0.5, 0.6) is 5.75 Å². The van der Waals surface area contributed by atoms with Crippen LogP contribution < -0.4 is 4.74 Å². The van der Waals surface area contributed by atoms with Gasteiger partial charge in [0.15, 0.2) is 0 Å². The highest BCUT2D eigenvalue weighted by Crippen LogP contribution is 2.16. The Bertz CT molecular complexity index is 332. The number of halogens is 1. The highest BCUT2D eigenvalue weighted by atomic mass is 79.9. The smallest absolute Gasteiger partial charge is 0.119 e. The lowest BCUT2D eigenvalue weighted by atomic mass is 10.3. The molecule has 0 saturated heterocycles. The lowest BCUT2D eigenvalue weighted by Gasteiger charge is -2.22. The van der Waals surface area contributed by atoms with Crippen LogP contribution in [-0.4, -0.2) is 54.1 Å². The Balaban J connectivity index is 2.31. The number of rotatable bonds is 8. The van der Waals surface area contributed by atoms with E-state index in [2.05, 4.69) is 15.9 Å². The fourth-order valence-corrected chi connectivity index (χ4v) is 1.86. The average Bonchev–Trinajstić information content (AvgIpc) is 2.37. The second-order valence-electron chi connectivity index (χ2n) is 4.04. The first kappa shape index (κ1) is 15.4. The summed E-state index contributed by atoms with van der Waals surface area (Å²) in [5.41, 5.74) is 0. The number of benzene rings is 1. The Hall–Kier alpha value is -0.620. The molecule has 0 spiro atoms. The van der Waals surface area contributed by atoms with E-state index >= 15 is 0 Å². The summed E-state index contributed by atoms with van der Waals surface area (Å²) in [5.74, 6) is 0.738. The second-order valence-corrected chi connectivity index (χ2v) is 4.95. The Morgan fingerprint density at radius 1 is 1.33 bits per heavy atom. The minimum absolute atomic E-state index is 0.105. The fourth-order valence-electron chi connectivity index (χ4n) is 1.59. The summed E-state index contributed by atoms with van der Waals surface area (Å²) in [4.78, 5) is 1.98. The van der Waals surface area contributed by atoms with Crippen molar-refractivity contribution in [3.8, 4) is 5.75 Å². The van der Waals surface area contributed by atoms with Gasteiger partial charge in [0, 0.05) is 17.6 Å². The number of ether oxygens (including phenoxy) is 1. The van der Waals surface area contributed by atoms with Crippen LogP contribution in [0.25, 0.3) is 0 Å². The topological polar surface area (TPSA) is 52.9 Å². The molecule has 0 fully saturated rings. The number of nitrogens with zero attached hydrogens (tertiary/aromatic N) is 1. The van der Waals surface area contributed by atoms with Gasteiger partial charge < -0.3 is 14.9 Å². The first-order valence-corrected chi connectivity index (χ1v) is 6.84. The van der Waals surface area contributed by atoms with E-state index in [0.29, 0.717) is 13.1 Å². The molecule has 1 unspecified atom stereocenters. The summed E-state index contributed by atoms with van der Waals surface area (Å²) >= 11 is 3.35. The van der Waals surface area contributed by atoms with Crippen molar-refractivity contribution in [1.29, 1.82) is 0 Å². The highest BCUT2D eigenvalue weighted by Gasteiger charge is 2.10. The van der Waals surface area contributed by atoms with E-state index in [1.165, 1.54) is 0 Å². The monoisotopic (exact) mass is 317 g/mol. The van der Waals surface area contributed by atoms with E-state index in [-0.39, 0.29) is 13.2 Å². The van der Waals surface area contributed by atoms with E-state index < -0.39 is 6.10 Å². The molecule has 1 atom stereocenters. The van der Waals surface area contributed by atoms with Crippen molar-refractivity contribution in [2.24, 2.45) is 0 Å². The van der Waals surface area contributed by atoms with Crippen molar-refractivity contribution in [3.63, 3.8) is 0 Å². The van der Waals surface area contributed by atoms with Gasteiger partial charge in [0.2, 0.25) is 0 Å². The number of aliphatic hydroxyl groups excluding tert-OH is 2. The average molecular weight is 318 g/mol. The summed E-state index contributed by atoms with van der Waals surface area (Å²) < 4.78 is 6.48. The van der Waals surface area contributed by atoms with E-state index in [1.54, 1.807) is 0 Å². The molecule has 0 aliphatic carbocycles. The van der Waals surface area contributed by atoms with Crippen LogP contribution in [0.3, 0.4) is 0 Å². The molecule has 0 saturated carbocycles. The first-order valence-electron chi connectivity index (χ1n) is 6.05. The first-order chi connectivity index (χ1) is 8.65. The van der Waals surface area contributed by atoms with Crippen molar-refractivity contribution in [3.05, 3.63) is 28.7 Å². The quantitative estimate of drug-likeness (QED) is 0.763. The van der Waals surface area contributed by atoms with Gasteiger partial charge in [-0.15, -0.1) is 0 Å². The van der Waals surface area contributed by atoms with Crippen LogP contribution in [0.2, 0.25) is 0 Å². The molecule has 102 valence electrons. The molecule has 1 aromatic rings. The van der Waals surface area contributed by atoms with Gasteiger partial charge in [-0.05, 0) is 30.8 Å². The van der Waals surface area contributed by atoms with Gasteiger partial charge in [-0.3, -0.25) is 4.90 Å². The standard InChI is InChI=1S/C13H20BrNO3/c1-2-15(7-8-16)9-12(17)10-18-13-5-3-11(14)4-6-13/h3-6,12,16-17H,2,7-10H2,1H3. The number of likely N-dealkylation sites (N-methyl/N-ethyl adjacent to an activating group) is 1. The predicted octanol–water partition coefficient (Wildman–Crippen LogP) is 1.50. The summed E-state index contributed by atoms with van der Waals surface area (Å²) in [6, 6.07) is 7.49. The molecule has 0 amide bonds. The summed E-state index contributed by atoms with van der Waals surface area (Å²) in [6.07, 6.45) is -0.555. The minimum Gasteiger partial charge on any atom is -0.491 e. The molecule has 0 aliphatic rings. The molecule has 5 heteroatoms. The van der Waals surface area contributed by atoms with Gasteiger partial charge in [0.05, 0.1) is 6.61 Å². The molecule has 0 radical (unpaired) electrons. The zero-order valence-electron chi connectivity index (χ0n) is 10.6. The second kappa shape index (κ2) is 8.48. The largest absolute Gasteiger partial charge is 0.491 e. The Labute approximate surface area is 116 Å². The third-order valence-corrected chi connectivity index (χ3v) is 3.12. The summed E-state index contributed by atoms with van der Waals surface area (Å²) in [5, 5.41) is 18.7. The lowest BCUT2D eigenvalue weighted by molar-refractivity contribution is 0.0638. The molecular weight excluding hydrogens is 298 g/mol. The van der Waals surface area contributed by atoms with Crippen molar-refractivity contribution >= 4 is 15.9 Å². The van der Waals surface area contributed by atoms with Gasteiger partial charge >= 0.3 is 0 Å². The van der Waals surface area contributed by atoms with Crippen LogP contribution in [-0.2, 0) is 0 Å². The molecule has 0 aromatic heterocycles. The highest BCUT2D eigenvalue weighted by molar-refractivity contribution is 9.10. The van der Waals surface area contributed by atoms with E-state index in [9.17, 15) is 5.11 Å². The Morgan fingerprint density at radius 2 is 2.00 bits per heavy atom. The molecule has 1 aromatic carbocycles. The molecular formula is C13H20BrNO3. The lowest BCUT2D eigenvalue weighted by Crippen LogP contribution is -2.37. The van der Waals surface area contributed by atoms with Gasteiger partial charge in [0.1, 0.15) is 18.5 Å². The maximum absolute atomic E-state index is 9.84. The molecule has 0 bridgehead atoms. The van der Waals surface area contributed by atoms with Crippen LogP contribution >= 0.6 is 15.9 Å². The Kier molecular flexibility index (Phi) is 7.27. The van der Waals surface area contributed by atoms with Crippen LogP contribution in [0, 0.1) is 0 Å². The molecule has 18 heavy (non-hydrogen) atoms. The number of hydrogen-bond donors (Lipinski definition) is 2. The van der Waals surface area contributed by atoms with Crippen molar-refractivity contribution in [2.75, 3.05) is 32.8 Å². The minimum atomic E-state index is -0.555. The zero-order chi connectivity index (χ0) is 13.4. The maximum atomic E-state index is 9.84. The molecule has 0 aliphatic heterocycles. The van der Waals surface area contributed by atoms with Crippen LogP contribution in [0.15, 0.2) is 28.7 Å². The van der Waals surface area contributed by atoms with Crippen molar-refractivity contribution in [1.82, 2.24) is 4.90 Å². The third-order valence-electron chi connectivity index (χ3n) is 2.59. The molecule has 0 heterocycles. The SMILES string of the molecule is CCN(CCO)CC(O)COc1ccc(Br)cc1. The summed E-state index contributed by atoms with van der Waals surface area (Å²) in [7, 11) is 0. The number of aliphatic hydroxyl groups is 2. The zero-order valence-corrected chi connectivity index (χ0v) is 12.1. The van der Waals surface area contributed by atoms with Gasteiger partial charge in [0.25, 0.3) is 0 Å². The van der Waals surface area contributed by atoms with Crippen molar-refractivity contribution < 1.29 is 14.9 Å². The predicted molar refractivity (Wildman–Crippen MR) is 74.8 cm³/mol. The Morgan fingerprint density at radius 3 is 2.56 bits per heavy atom. The van der Waals surface area contributed by atoms with Gasteiger partial charge in [-0.1, -0.05) is 22.9 Å². The van der Waals surface area contributed by atoms with Crippen LogP contribution in [0.1, 0.15) is 6.92 Å².